The molecule has 0 spiro atoms. The number of rotatable bonds is 8. The summed E-state index contributed by atoms with van der Waals surface area (Å²) in [5, 5.41) is 6.99. The average molecular weight is 370 g/mol. The zero-order chi connectivity index (χ0) is 18.2. The number of H-pyrrole nitrogens is 1. The van der Waals surface area contributed by atoms with Gasteiger partial charge in [-0.2, -0.15) is 0 Å². The molecule has 1 aromatic heterocycles. The standard InChI is InChI=1S/C16H26N4O4S/c1-3-5-8-20-15(23)17-18-16(20)25-11-13(21)19-9-6-12(7-10-19)14(22)24-4-2/h12H,3-11H2,1-2H3,(H,17,23). The molecule has 1 aromatic rings. The zero-order valence-electron chi connectivity index (χ0n) is 14.8. The van der Waals surface area contributed by atoms with Gasteiger partial charge in [-0.25, -0.2) is 9.89 Å². The van der Waals surface area contributed by atoms with Crippen LogP contribution in [0.2, 0.25) is 0 Å². The number of aromatic nitrogens is 3. The molecule has 1 fully saturated rings. The maximum Gasteiger partial charge on any atom is 0.343 e. The Labute approximate surface area is 151 Å². The van der Waals surface area contributed by atoms with Crippen molar-refractivity contribution in [2.24, 2.45) is 5.92 Å². The smallest absolute Gasteiger partial charge is 0.343 e. The minimum atomic E-state index is -0.237. The van der Waals surface area contributed by atoms with Crippen LogP contribution in [-0.2, 0) is 20.9 Å². The summed E-state index contributed by atoms with van der Waals surface area (Å²) in [7, 11) is 0. The maximum atomic E-state index is 12.4. The van der Waals surface area contributed by atoms with Crippen molar-refractivity contribution in [1.82, 2.24) is 19.7 Å². The highest BCUT2D eigenvalue weighted by Crippen LogP contribution is 2.21. The molecule has 1 N–H and O–H groups in total. The van der Waals surface area contributed by atoms with Crippen LogP contribution >= 0.6 is 11.8 Å². The fourth-order valence-electron chi connectivity index (χ4n) is 2.77. The molecule has 2 heterocycles. The minimum Gasteiger partial charge on any atom is -0.466 e. The average Bonchev–Trinajstić information content (AvgIpc) is 2.98. The first kappa shape index (κ1) is 19.6. The van der Waals surface area contributed by atoms with Crippen molar-refractivity contribution in [1.29, 1.82) is 0 Å². The number of amides is 1. The van der Waals surface area contributed by atoms with Crippen LogP contribution in [0.5, 0.6) is 0 Å². The van der Waals surface area contributed by atoms with Gasteiger partial charge in [0.1, 0.15) is 0 Å². The number of hydrogen-bond acceptors (Lipinski definition) is 6. The normalized spacial score (nSPS) is 15.4. The summed E-state index contributed by atoms with van der Waals surface area (Å²) < 4.78 is 6.62. The Balaban J connectivity index is 1.82. The fourth-order valence-corrected chi connectivity index (χ4v) is 3.64. The van der Waals surface area contributed by atoms with Gasteiger partial charge in [0.2, 0.25) is 5.91 Å². The van der Waals surface area contributed by atoms with Crippen LogP contribution in [0.25, 0.3) is 0 Å². The second-order valence-electron chi connectivity index (χ2n) is 6.01. The van der Waals surface area contributed by atoms with E-state index in [-0.39, 0.29) is 29.2 Å². The molecule has 0 unspecified atom stereocenters. The number of nitrogens with zero attached hydrogens (tertiary/aromatic N) is 3. The van der Waals surface area contributed by atoms with Gasteiger partial charge in [-0.1, -0.05) is 25.1 Å². The summed E-state index contributed by atoms with van der Waals surface area (Å²) in [6, 6.07) is 0. The molecule has 2 rings (SSSR count). The van der Waals surface area contributed by atoms with Crippen LogP contribution < -0.4 is 5.69 Å². The van der Waals surface area contributed by atoms with Crippen molar-refractivity contribution in [2.75, 3.05) is 25.4 Å². The van der Waals surface area contributed by atoms with Gasteiger partial charge in [0.25, 0.3) is 0 Å². The van der Waals surface area contributed by atoms with E-state index in [1.165, 1.54) is 11.8 Å². The molecule has 0 radical (unpaired) electrons. The molecule has 0 aromatic carbocycles. The lowest BCUT2D eigenvalue weighted by atomic mass is 9.97. The molecule has 0 bridgehead atoms. The topological polar surface area (TPSA) is 97.3 Å². The summed E-state index contributed by atoms with van der Waals surface area (Å²) in [6.07, 6.45) is 3.15. The van der Waals surface area contributed by atoms with Crippen molar-refractivity contribution in [2.45, 2.75) is 51.2 Å². The summed E-state index contributed by atoms with van der Waals surface area (Å²) in [5.41, 5.74) is -0.237. The molecule has 0 aliphatic carbocycles. The number of carbonyl (C=O) groups is 2. The molecule has 0 atom stereocenters. The molecule has 1 amide bonds. The summed E-state index contributed by atoms with van der Waals surface area (Å²) in [6.45, 7) is 5.97. The summed E-state index contributed by atoms with van der Waals surface area (Å²) in [5.74, 6) is -0.0343. The molecule has 1 saturated heterocycles. The predicted molar refractivity (Wildman–Crippen MR) is 94.4 cm³/mol. The summed E-state index contributed by atoms with van der Waals surface area (Å²) in [4.78, 5) is 37.6. The van der Waals surface area contributed by atoms with E-state index in [0.717, 1.165) is 12.8 Å². The van der Waals surface area contributed by atoms with E-state index in [1.807, 2.05) is 0 Å². The van der Waals surface area contributed by atoms with Crippen molar-refractivity contribution in [3.05, 3.63) is 10.5 Å². The maximum absolute atomic E-state index is 12.4. The number of esters is 1. The summed E-state index contributed by atoms with van der Waals surface area (Å²) >= 11 is 1.27. The lowest BCUT2D eigenvalue weighted by Gasteiger charge is -2.30. The number of thioether (sulfide) groups is 1. The van der Waals surface area contributed by atoms with Crippen molar-refractivity contribution in [3.63, 3.8) is 0 Å². The number of ether oxygens (including phenoxy) is 1. The Bertz CT molecular complexity index is 634. The largest absolute Gasteiger partial charge is 0.466 e. The van der Waals surface area contributed by atoms with Crippen LogP contribution in [0.15, 0.2) is 9.95 Å². The predicted octanol–water partition coefficient (Wildman–Crippen LogP) is 1.27. The first-order valence-corrected chi connectivity index (χ1v) is 9.77. The number of carbonyl (C=O) groups excluding carboxylic acids is 2. The zero-order valence-corrected chi connectivity index (χ0v) is 15.6. The van der Waals surface area contributed by atoms with E-state index in [4.69, 9.17) is 4.74 Å². The Morgan fingerprint density at radius 2 is 2.04 bits per heavy atom. The highest BCUT2D eigenvalue weighted by Gasteiger charge is 2.28. The van der Waals surface area contributed by atoms with Crippen LogP contribution in [0.4, 0.5) is 0 Å². The first-order valence-electron chi connectivity index (χ1n) is 8.79. The first-order chi connectivity index (χ1) is 12.1. The van der Waals surface area contributed by atoms with E-state index >= 15 is 0 Å². The van der Waals surface area contributed by atoms with E-state index in [1.54, 1.807) is 16.4 Å². The Kier molecular flexibility index (Phi) is 7.54. The Morgan fingerprint density at radius 1 is 1.32 bits per heavy atom. The second kappa shape index (κ2) is 9.65. The van der Waals surface area contributed by atoms with E-state index in [0.29, 0.717) is 44.2 Å². The van der Waals surface area contributed by atoms with Crippen LogP contribution in [0.1, 0.15) is 39.5 Å². The SMILES string of the molecule is CCCCn1c(SCC(=O)N2CCC(C(=O)OCC)CC2)n[nH]c1=O. The molecule has 0 saturated carbocycles. The van der Waals surface area contributed by atoms with Gasteiger partial charge in [0, 0.05) is 19.6 Å². The Morgan fingerprint density at radius 3 is 2.68 bits per heavy atom. The molecule has 25 heavy (non-hydrogen) atoms. The van der Waals surface area contributed by atoms with Gasteiger partial charge in [-0.05, 0) is 26.2 Å². The molecule has 1 aliphatic heterocycles. The quantitative estimate of drug-likeness (QED) is 0.547. The number of likely N-dealkylation sites (tertiary alicyclic amines) is 1. The number of unbranched alkanes of at least 4 members (excludes halogenated alkanes) is 1. The third-order valence-corrected chi connectivity index (χ3v) is 5.21. The molecule has 8 nitrogen and oxygen atoms in total. The highest BCUT2D eigenvalue weighted by molar-refractivity contribution is 7.99. The van der Waals surface area contributed by atoms with Gasteiger partial charge >= 0.3 is 11.7 Å². The van der Waals surface area contributed by atoms with Crippen molar-refractivity contribution < 1.29 is 14.3 Å². The van der Waals surface area contributed by atoms with Gasteiger partial charge in [0.15, 0.2) is 5.16 Å². The number of piperidine rings is 1. The minimum absolute atomic E-state index is 0.00444. The molecular formula is C16H26N4O4S. The van der Waals surface area contributed by atoms with Gasteiger partial charge < -0.3 is 9.64 Å². The number of hydrogen-bond donors (Lipinski definition) is 1. The van der Waals surface area contributed by atoms with Gasteiger partial charge in [0.05, 0.1) is 18.3 Å². The van der Waals surface area contributed by atoms with Crippen LogP contribution in [0.3, 0.4) is 0 Å². The van der Waals surface area contributed by atoms with E-state index in [2.05, 4.69) is 17.1 Å². The molecule has 140 valence electrons. The molecule has 9 heteroatoms. The van der Waals surface area contributed by atoms with Crippen LogP contribution in [0, 0.1) is 5.92 Å². The highest BCUT2D eigenvalue weighted by atomic mass is 32.2. The Hall–Kier alpha value is -1.77. The van der Waals surface area contributed by atoms with E-state index < -0.39 is 0 Å². The van der Waals surface area contributed by atoms with Gasteiger partial charge in [-0.15, -0.1) is 5.10 Å². The van der Waals surface area contributed by atoms with Crippen molar-refractivity contribution >= 4 is 23.6 Å². The third kappa shape index (κ3) is 5.35. The molecular weight excluding hydrogens is 344 g/mol. The van der Waals surface area contributed by atoms with Gasteiger partial charge in [-0.3, -0.25) is 14.2 Å². The van der Waals surface area contributed by atoms with E-state index in [9.17, 15) is 14.4 Å². The third-order valence-electron chi connectivity index (χ3n) is 4.25. The number of nitrogens with one attached hydrogen (secondary N) is 1. The van der Waals surface area contributed by atoms with Crippen molar-refractivity contribution in [3.8, 4) is 0 Å². The lowest BCUT2D eigenvalue weighted by Crippen LogP contribution is -2.41. The monoisotopic (exact) mass is 370 g/mol. The lowest BCUT2D eigenvalue weighted by molar-refractivity contribution is -0.151. The number of aromatic amines is 1. The second-order valence-corrected chi connectivity index (χ2v) is 6.95. The fraction of sp³-hybridized carbons (Fsp3) is 0.750. The molecule has 1 aliphatic rings. The van der Waals surface area contributed by atoms with Crippen LogP contribution in [-0.4, -0.2) is 57.0 Å².